The van der Waals surface area contributed by atoms with Crippen molar-refractivity contribution < 1.29 is 35.8 Å². The van der Waals surface area contributed by atoms with Gasteiger partial charge in [0.15, 0.2) is 11.5 Å². The molecule has 256 valence electrons. The first kappa shape index (κ1) is 35.8. The number of aryl methyl sites for hydroxylation is 1. The van der Waals surface area contributed by atoms with E-state index in [0.29, 0.717) is 19.0 Å². The number of ether oxygens (including phenoxy) is 2. The van der Waals surface area contributed by atoms with E-state index in [1.807, 2.05) is 60.7 Å². The van der Waals surface area contributed by atoms with Gasteiger partial charge in [0.05, 0.1) is 18.2 Å². The molecule has 5 aromatic rings. The molecule has 0 aromatic heterocycles. The summed E-state index contributed by atoms with van der Waals surface area (Å²) in [6.45, 7) is 1.34. The molecule has 0 aliphatic carbocycles. The molecular weight excluding hydrogens is 664 g/mol. The van der Waals surface area contributed by atoms with E-state index < -0.39 is 23.5 Å². The largest absolute Gasteiger partial charge is 0.493 e. The second-order valence-corrected chi connectivity index (χ2v) is 11.8. The van der Waals surface area contributed by atoms with E-state index >= 15 is 0 Å². The highest BCUT2D eigenvalue weighted by Gasteiger charge is 2.31. The molecule has 0 amide bonds. The molecular formula is C39H34ClF6NO2. The molecule has 49 heavy (non-hydrogen) atoms. The first-order valence-electron chi connectivity index (χ1n) is 15.6. The van der Waals surface area contributed by atoms with Crippen LogP contribution in [-0.2, 0) is 31.2 Å². The van der Waals surface area contributed by atoms with E-state index in [0.717, 1.165) is 82.0 Å². The maximum Gasteiger partial charge on any atom is 0.416 e. The fraction of sp³-hybridized carbons (Fsp3) is 0.231. The maximum absolute atomic E-state index is 12.8. The van der Waals surface area contributed by atoms with Crippen molar-refractivity contribution in [1.29, 1.82) is 0 Å². The summed E-state index contributed by atoms with van der Waals surface area (Å²) in [6.07, 6.45) is -6.69. The minimum absolute atomic E-state index is 0.0573. The third-order valence-electron chi connectivity index (χ3n) is 8.10. The number of methoxy groups -OCH3 is 1. The van der Waals surface area contributed by atoms with Gasteiger partial charge in [-0.1, -0.05) is 72.8 Å². The molecule has 0 bridgehead atoms. The van der Waals surface area contributed by atoms with E-state index in [4.69, 9.17) is 21.1 Å². The van der Waals surface area contributed by atoms with Gasteiger partial charge in [0.2, 0.25) is 0 Å². The molecule has 10 heteroatoms. The SMILES string of the molecule is COc1cccc2c1OC(CNCc1cccc(-c3ccc(C(F)(F)F)cc3)c1)CC2.FC(F)(F)c1ccc(-c2cccc(CCl)c2)cc1. The van der Waals surface area contributed by atoms with Crippen LogP contribution in [0.15, 0.2) is 115 Å². The number of halogens is 7. The lowest BCUT2D eigenvalue weighted by Crippen LogP contribution is -2.34. The van der Waals surface area contributed by atoms with Crippen LogP contribution in [-0.4, -0.2) is 19.8 Å². The lowest BCUT2D eigenvalue weighted by molar-refractivity contribution is -0.138. The van der Waals surface area contributed by atoms with Crippen LogP contribution < -0.4 is 14.8 Å². The van der Waals surface area contributed by atoms with Gasteiger partial charge >= 0.3 is 12.4 Å². The molecule has 0 radical (unpaired) electrons. The molecule has 0 saturated heterocycles. The van der Waals surface area contributed by atoms with E-state index in [1.165, 1.54) is 29.8 Å². The number of hydrogen-bond acceptors (Lipinski definition) is 3. The zero-order valence-corrected chi connectivity index (χ0v) is 27.3. The van der Waals surface area contributed by atoms with Crippen LogP contribution in [0.25, 0.3) is 22.3 Å². The fourth-order valence-electron chi connectivity index (χ4n) is 5.51. The van der Waals surface area contributed by atoms with Crippen molar-refractivity contribution in [2.45, 2.75) is 43.7 Å². The van der Waals surface area contributed by atoms with Crippen LogP contribution in [0.4, 0.5) is 26.3 Å². The molecule has 0 saturated carbocycles. The third-order valence-corrected chi connectivity index (χ3v) is 8.41. The number of benzene rings is 5. The highest BCUT2D eigenvalue weighted by atomic mass is 35.5. The Hall–Kier alpha value is -4.47. The van der Waals surface area contributed by atoms with Crippen LogP contribution >= 0.6 is 11.6 Å². The maximum atomic E-state index is 12.8. The van der Waals surface area contributed by atoms with E-state index in [-0.39, 0.29) is 6.10 Å². The van der Waals surface area contributed by atoms with Gasteiger partial charge < -0.3 is 14.8 Å². The second kappa shape index (κ2) is 15.8. The average molecular weight is 698 g/mol. The molecule has 1 unspecified atom stereocenters. The van der Waals surface area contributed by atoms with Gasteiger partial charge in [-0.3, -0.25) is 0 Å². The minimum Gasteiger partial charge on any atom is -0.493 e. The van der Waals surface area contributed by atoms with E-state index in [2.05, 4.69) is 11.4 Å². The van der Waals surface area contributed by atoms with Crippen molar-refractivity contribution in [2.24, 2.45) is 0 Å². The molecule has 3 nitrogen and oxygen atoms in total. The third kappa shape index (κ3) is 9.58. The summed E-state index contributed by atoms with van der Waals surface area (Å²) >= 11 is 5.72. The lowest BCUT2D eigenvalue weighted by atomic mass is 10.0. The van der Waals surface area contributed by atoms with E-state index in [9.17, 15) is 26.3 Å². The predicted molar refractivity (Wildman–Crippen MR) is 181 cm³/mol. The Morgan fingerprint density at radius 3 is 1.76 bits per heavy atom. The molecule has 1 atom stereocenters. The monoisotopic (exact) mass is 697 g/mol. The van der Waals surface area contributed by atoms with Gasteiger partial charge in [0.1, 0.15) is 6.10 Å². The second-order valence-electron chi connectivity index (χ2n) is 11.5. The summed E-state index contributed by atoms with van der Waals surface area (Å²) in [6, 6.07) is 31.6. The summed E-state index contributed by atoms with van der Waals surface area (Å²) in [5.74, 6) is 1.97. The van der Waals surface area contributed by atoms with Crippen molar-refractivity contribution in [3.05, 3.63) is 143 Å². The van der Waals surface area contributed by atoms with Gasteiger partial charge in [-0.25, -0.2) is 0 Å². The Balaban J connectivity index is 0.000000221. The van der Waals surface area contributed by atoms with Crippen molar-refractivity contribution >= 4 is 11.6 Å². The number of para-hydroxylation sites is 1. The first-order valence-corrected chi connectivity index (χ1v) is 16.1. The number of hydrogen-bond donors (Lipinski definition) is 1. The molecule has 6 rings (SSSR count). The number of fused-ring (bicyclic) bond motifs is 1. The zero-order valence-electron chi connectivity index (χ0n) is 26.5. The summed E-state index contributed by atoms with van der Waals surface area (Å²) in [7, 11) is 1.64. The summed E-state index contributed by atoms with van der Waals surface area (Å²) in [5.41, 5.74) is 5.14. The first-order chi connectivity index (χ1) is 23.4. The number of alkyl halides is 7. The number of nitrogens with one attached hydrogen (secondary N) is 1. The van der Waals surface area contributed by atoms with Gasteiger partial charge in [0.25, 0.3) is 0 Å². The van der Waals surface area contributed by atoms with Gasteiger partial charge in [0, 0.05) is 19.0 Å². The summed E-state index contributed by atoms with van der Waals surface area (Å²) < 4.78 is 87.2. The molecule has 5 aromatic carbocycles. The zero-order chi connectivity index (χ0) is 35.0. The standard InChI is InChI=1S/C25H24F3NO2.C14H10ClF3/c1-30-23-7-3-5-19-10-13-22(31-24(19)23)16-29-15-17-4-2-6-20(14-17)18-8-11-21(12-9-18)25(26,27)28;15-9-10-2-1-3-12(8-10)11-4-6-13(7-5-11)14(16,17)18/h2-9,11-12,14,22,29H,10,13,15-16H2,1H3;1-8H,9H2. The fourth-order valence-corrected chi connectivity index (χ4v) is 5.68. The van der Waals surface area contributed by atoms with Crippen LogP contribution in [0.3, 0.4) is 0 Å². The molecule has 1 N–H and O–H groups in total. The highest BCUT2D eigenvalue weighted by Crippen LogP contribution is 2.36. The molecule has 0 spiro atoms. The average Bonchev–Trinajstić information content (AvgIpc) is 3.11. The Kier molecular flexibility index (Phi) is 11.6. The lowest BCUT2D eigenvalue weighted by Gasteiger charge is -2.27. The Morgan fingerprint density at radius 1 is 0.694 bits per heavy atom. The van der Waals surface area contributed by atoms with Gasteiger partial charge in [-0.2, -0.15) is 26.3 Å². The quantitative estimate of drug-likeness (QED) is 0.129. The topological polar surface area (TPSA) is 30.5 Å². The van der Waals surface area contributed by atoms with Gasteiger partial charge in [-0.15, -0.1) is 11.6 Å². The number of rotatable bonds is 8. The van der Waals surface area contributed by atoms with Crippen LogP contribution in [0.2, 0.25) is 0 Å². The van der Waals surface area contributed by atoms with Crippen molar-refractivity contribution in [3.8, 4) is 33.8 Å². The summed E-state index contributed by atoms with van der Waals surface area (Å²) in [5, 5.41) is 3.43. The minimum atomic E-state index is -4.32. The summed E-state index contributed by atoms with van der Waals surface area (Å²) in [4.78, 5) is 0. The van der Waals surface area contributed by atoms with Crippen molar-refractivity contribution in [2.75, 3.05) is 13.7 Å². The Morgan fingerprint density at radius 2 is 1.22 bits per heavy atom. The molecule has 1 heterocycles. The normalized spacial score (nSPS) is 14.2. The predicted octanol–water partition coefficient (Wildman–Crippen LogP) is 11.0. The molecule has 0 fully saturated rings. The molecule has 1 aliphatic heterocycles. The van der Waals surface area contributed by atoms with E-state index in [1.54, 1.807) is 7.11 Å². The van der Waals surface area contributed by atoms with Crippen LogP contribution in [0.1, 0.15) is 34.2 Å². The van der Waals surface area contributed by atoms with Crippen LogP contribution in [0.5, 0.6) is 11.5 Å². The van der Waals surface area contributed by atoms with Crippen LogP contribution in [0, 0.1) is 0 Å². The van der Waals surface area contributed by atoms with Crippen molar-refractivity contribution in [1.82, 2.24) is 5.32 Å². The molecule has 1 aliphatic rings. The van der Waals surface area contributed by atoms with Crippen molar-refractivity contribution in [3.63, 3.8) is 0 Å². The Labute approximate surface area is 286 Å². The smallest absolute Gasteiger partial charge is 0.416 e. The van der Waals surface area contributed by atoms with Gasteiger partial charge in [-0.05, 0) is 94.3 Å². The Bertz CT molecular complexity index is 1810. The highest BCUT2D eigenvalue weighted by molar-refractivity contribution is 6.17.